The number of rotatable bonds is 4. The quantitative estimate of drug-likeness (QED) is 0.182. The summed E-state index contributed by atoms with van der Waals surface area (Å²) < 4.78 is 148. The molecule has 0 radical (unpaired) electrons. The molecular weight excluding hydrogens is 665 g/mol. The highest BCUT2D eigenvalue weighted by Crippen LogP contribution is 2.51. The average molecular weight is 713 g/mol. The van der Waals surface area contributed by atoms with Gasteiger partial charge in [0.2, 0.25) is 5.95 Å². The molecular formula is C48H32N4S. The van der Waals surface area contributed by atoms with Gasteiger partial charge in [0.25, 0.3) is 0 Å². The van der Waals surface area contributed by atoms with Crippen molar-refractivity contribution in [3.63, 3.8) is 0 Å². The van der Waals surface area contributed by atoms with Crippen molar-refractivity contribution in [3.8, 4) is 51.0 Å². The van der Waals surface area contributed by atoms with E-state index in [1.54, 1.807) is 23.5 Å². The molecule has 0 aliphatic heterocycles. The van der Waals surface area contributed by atoms with Crippen molar-refractivity contribution in [1.82, 2.24) is 19.5 Å². The maximum absolute atomic E-state index is 10.1. The van der Waals surface area contributed by atoms with Crippen molar-refractivity contribution >= 4 is 53.3 Å². The molecule has 0 spiro atoms. The van der Waals surface area contributed by atoms with Crippen LogP contribution in [0.25, 0.3) is 93.0 Å². The van der Waals surface area contributed by atoms with E-state index in [0.717, 1.165) is 35.9 Å². The van der Waals surface area contributed by atoms with Gasteiger partial charge in [0.1, 0.15) is 0 Å². The smallest absolute Gasteiger partial charge is 0.238 e. The summed E-state index contributed by atoms with van der Waals surface area (Å²) in [7, 11) is 0. The normalized spacial score (nSPS) is 18.0. The van der Waals surface area contributed by atoms with Gasteiger partial charge in [-0.05, 0) is 63.6 Å². The minimum atomic E-state index is -3.66. The third kappa shape index (κ3) is 4.57. The Morgan fingerprint density at radius 1 is 0.547 bits per heavy atom. The Hall–Kier alpha value is -6.43. The zero-order valence-corrected chi connectivity index (χ0v) is 28.3. The van der Waals surface area contributed by atoms with Gasteiger partial charge in [-0.3, -0.25) is 4.57 Å². The van der Waals surface area contributed by atoms with E-state index in [0.29, 0.717) is 11.1 Å². The van der Waals surface area contributed by atoms with Crippen molar-refractivity contribution in [2.75, 3.05) is 0 Å². The average Bonchev–Trinajstić information content (AvgIpc) is 4.01. The standard InChI is InChI=1S/C48H32N4S/c1-48(2)39-17-9-6-14-33(39)37-27-38-34-15-7-10-18-41(34)52(42(38)28-40(37)48)47-50-45(31-22-20-30(21-23-31)29-12-4-3-5-13-29)49-46(51-47)32-24-25-36-35-16-8-11-19-43(35)53-44(36)26-32/h3-28H,1-2H3/i1D3,2D3,6D,7D,9D,10D,14D,15D,17D,18D,27D,28D. The fraction of sp³-hybridized carbons (Fsp3) is 0.0625. The van der Waals surface area contributed by atoms with Gasteiger partial charge in [-0.25, -0.2) is 4.98 Å². The summed E-state index contributed by atoms with van der Waals surface area (Å²) >= 11 is 1.55. The van der Waals surface area contributed by atoms with Gasteiger partial charge < -0.3 is 0 Å². The summed E-state index contributed by atoms with van der Waals surface area (Å²) in [5.74, 6) is -0.160. The molecule has 10 aromatic rings. The van der Waals surface area contributed by atoms with Crippen LogP contribution in [0.2, 0.25) is 0 Å². The Kier molecular flexibility index (Phi) is 3.91. The predicted molar refractivity (Wildman–Crippen MR) is 221 cm³/mol. The van der Waals surface area contributed by atoms with Gasteiger partial charge in [-0.1, -0.05) is 141 Å². The van der Waals surface area contributed by atoms with Gasteiger partial charge in [-0.2, -0.15) is 9.97 Å². The van der Waals surface area contributed by atoms with Gasteiger partial charge in [0, 0.05) is 55.7 Å². The highest BCUT2D eigenvalue weighted by molar-refractivity contribution is 7.25. The van der Waals surface area contributed by atoms with Gasteiger partial charge >= 0.3 is 0 Å². The number of hydrogen-bond donors (Lipinski definition) is 0. The zero-order chi connectivity index (χ0) is 49.0. The van der Waals surface area contributed by atoms with E-state index < -0.39 is 107 Å². The van der Waals surface area contributed by atoms with Crippen LogP contribution in [0, 0.1) is 0 Å². The lowest BCUT2D eigenvalue weighted by atomic mass is 9.82. The molecule has 53 heavy (non-hydrogen) atoms. The summed E-state index contributed by atoms with van der Waals surface area (Å²) in [5, 5.41) is 1.35. The monoisotopic (exact) mass is 712 g/mol. The SMILES string of the molecule is [2H]c1c([2H])c([2H])c2c(c1[2H])-c1c(c([2H])c3c(c1[2H])c1c([2H])c([2H])c([2H])c([2H])c1n3-c1nc(-c3ccc(-c4ccccc4)cc3)nc(-c3ccc4c(c3)sc3ccccc34)n1)C2(C([2H])([2H])[2H])C([2H])([2H])[2H]. The molecule has 0 bridgehead atoms. The summed E-state index contributed by atoms with van der Waals surface area (Å²) in [5.41, 5.74) is -4.12. The molecule has 1 aliphatic carbocycles. The van der Waals surface area contributed by atoms with Crippen LogP contribution in [0.5, 0.6) is 0 Å². The molecule has 0 saturated heterocycles. The van der Waals surface area contributed by atoms with Crippen LogP contribution in [0.4, 0.5) is 0 Å². The van der Waals surface area contributed by atoms with Crippen LogP contribution in [-0.2, 0) is 5.41 Å². The number of fused-ring (bicyclic) bond motifs is 9. The fourth-order valence-electron chi connectivity index (χ4n) is 7.21. The van der Waals surface area contributed by atoms with E-state index in [9.17, 15) is 5.48 Å². The number of para-hydroxylation sites is 1. The predicted octanol–water partition coefficient (Wildman–Crippen LogP) is 12.6. The third-order valence-corrected chi connectivity index (χ3v) is 10.9. The van der Waals surface area contributed by atoms with Crippen LogP contribution < -0.4 is 0 Å². The Labute approximate surface area is 333 Å². The summed E-state index contributed by atoms with van der Waals surface area (Å²) in [6.45, 7) is -7.31. The van der Waals surface area contributed by atoms with Crippen LogP contribution in [-0.4, -0.2) is 19.5 Å². The third-order valence-electron chi connectivity index (χ3n) is 9.74. The first-order valence-corrected chi connectivity index (χ1v) is 17.5. The maximum Gasteiger partial charge on any atom is 0.238 e. The zero-order valence-electron chi connectivity index (χ0n) is 43.4. The molecule has 7 aromatic carbocycles. The highest BCUT2D eigenvalue weighted by Gasteiger charge is 2.36. The first-order valence-electron chi connectivity index (χ1n) is 24.7. The molecule has 250 valence electrons. The van der Waals surface area contributed by atoms with Crippen molar-refractivity contribution in [2.24, 2.45) is 0 Å². The Balaban J connectivity index is 1.31. The Morgan fingerprint density at radius 3 is 2.11 bits per heavy atom. The maximum atomic E-state index is 10.1. The van der Waals surface area contributed by atoms with Crippen LogP contribution in [0.15, 0.2) is 157 Å². The molecule has 0 unspecified atom stereocenters. The largest absolute Gasteiger partial charge is 0.278 e. The van der Waals surface area contributed by atoms with E-state index in [1.165, 1.54) is 0 Å². The van der Waals surface area contributed by atoms with Gasteiger partial charge in [0.05, 0.1) is 24.7 Å². The molecule has 3 aromatic heterocycles. The first-order chi connectivity index (χ1) is 32.7. The number of hydrogen-bond acceptors (Lipinski definition) is 4. The molecule has 0 atom stereocenters. The van der Waals surface area contributed by atoms with E-state index in [2.05, 4.69) is 0 Å². The molecule has 11 rings (SSSR count). The van der Waals surface area contributed by atoms with E-state index >= 15 is 0 Å². The summed E-state index contributed by atoms with van der Waals surface area (Å²) in [6.07, 6.45) is 0. The number of benzene rings is 7. The topological polar surface area (TPSA) is 43.6 Å². The van der Waals surface area contributed by atoms with Gasteiger partial charge in [-0.15, -0.1) is 11.3 Å². The lowest BCUT2D eigenvalue weighted by molar-refractivity contribution is 0.661. The molecule has 0 amide bonds. The van der Waals surface area contributed by atoms with E-state index in [4.69, 9.17) is 31.4 Å². The molecule has 3 heterocycles. The Bertz CT molecular complexity index is 3870. The first kappa shape index (κ1) is 18.4. The molecule has 0 saturated carbocycles. The second-order valence-corrected chi connectivity index (χ2v) is 13.9. The lowest BCUT2D eigenvalue weighted by Crippen LogP contribution is -2.15. The van der Waals surface area contributed by atoms with Gasteiger partial charge in [0.15, 0.2) is 11.6 Å². The second kappa shape index (κ2) is 11.3. The highest BCUT2D eigenvalue weighted by atomic mass is 32.1. The number of aromatic nitrogens is 4. The molecule has 0 fully saturated rings. The van der Waals surface area contributed by atoms with Crippen LogP contribution >= 0.6 is 11.3 Å². The Morgan fingerprint density at radius 2 is 1.25 bits per heavy atom. The van der Waals surface area contributed by atoms with Crippen molar-refractivity contribution < 1.29 is 21.9 Å². The minimum absolute atomic E-state index is 0.0797. The van der Waals surface area contributed by atoms with E-state index in [1.807, 2.05) is 84.9 Å². The van der Waals surface area contributed by atoms with Crippen LogP contribution in [0.3, 0.4) is 0 Å². The van der Waals surface area contributed by atoms with Crippen molar-refractivity contribution in [2.45, 2.75) is 19.1 Å². The minimum Gasteiger partial charge on any atom is -0.278 e. The molecule has 0 N–H and O–H groups in total. The summed E-state index contributed by atoms with van der Waals surface area (Å²) in [4.78, 5) is 14.8. The van der Waals surface area contributed by atoms with E-state index in [-0.39, 0.29) is 33.9 Å². The van der Waals surface area contributed by atoms with Crippen LogP contribution in [0.1, 0.15) is 46.8 Å². The summed E-state index contributed by atoms with van der Waals surface area (Å²) in [6, 6.07) is 22.6. The lowest BCUT2D eigenvalue weighted by Gasteiger charge is -2.21. The number of nitrogens with zero attached hydrogens (tertiary/aromatic N) is 4. The fourth-order valence-corrected chi connectivity index (χ4v) is 8.36. The van der Waals surface area contributed by atoms with Crippen molar-refractivity contribution in [1.29, 1.82) is 0 Å². The van der Waals surface area contributed by atoms with Crippen molar-refractivity contribution in [3.05, 3.63) is 169 Å². The second-order valence-electron chi connectivity index (χ2n) is 12.8. The molecule has 5 heteroatoms. The molecule has 1 aliphatic rings. The molecule has 4 nitrogen and oxygen atoms in total. The number of thiophene rings is 1.